The van der Waals surface area contributed by atoms with Crippen LogP contribution < -0.4 is 10.6 Å². The maximum Gasteiger partial charge on any atom is 0.131 e. The number of hydrogen-bond acceptors (Lipinski definition) is 5. The number of benzene rings is 1. The Balaban J connectivity index is 1.57. The van der Waals surface area contributed by atoms with Crippen LogP contribution in [0.2, 0.25) is 0 Å². The zero-order chi connectivity index (χ0) is 15.9. The minimum atomic E-state index is 0.683. The lowest BCUT2D eigenvalue weighted by Gasteiger charge is -2.09. The molecule has 0 aliphatic rings. The van der Waals surface area contributed by atoms with E-state index in [0.29, 0.717) is 6.54 Å². The third-order valence-electron chi connectivity index (χ3n) is 3.46. The molecule has 116 valence electrons. The van der Waals surface area contributed by atoms with Crippen LogP contribution in [0.25, 0.3) is 0 Å². The van der Waals surface area contributed by atoms with E-state index in [4.69, 9.17) is 0 Å². The molecule has 5 heteroatoms. The zero-order valence-electron chi connectivity index (χ0n) is 13.0. The van der Waals surface area contributed by atoms with Gasteiger partial charge in [0.15, 0.2) is 0 Å². The second kappa shape index (κ2) is 7.35. The molecule has 0 saturated carbocycles. The second-order valence-corrected chi connectivity index (χ2v) is 5.34. The number of anilines is 2. The zero-order valence-corrected chi connectivity index (χ0v) is 13.0. The average Bonchev–Trinajstić information content (AvgIpc) is 2.61. The summed E-state index contributed by atoms with van der Waals surface area (Å²) in [6.07, 6.45) is 5.16. The van der Waals surface area contributed by atoms with Gasteiger partial charge in [-0.15, -0.1) is 0 Å². The number of rotatable bonds is 6. The van der Waals surface area contributed by atoms with Crippen LogP contribution in [-0.2, 0) is 13.1 Å². The van der Waals surface area contributed by atoms with Crippen molar-refractivity contribution in [2.24, 2.45) is 0 Å². The van der Waals surface area contributed by atoms with E-state index in [-0.39, 0.29) is 0 Å². The molecule has 0 amide bonds. The molecular formula is C18H19N5. The molecule has 0 unspecified atom stereocenters. The number of pyridine rings is 1. The maximum absolute atomic E-state index is 4.25. The van der Waals surface area contributed by atoms with Crippen molar-refractivity contribution in [2.75, 3.05) is 10.6 Å². The minimum Gasteiger partial charge on any atom is -0.366 e. The van der Waals surface area contributed by atoms with Crippen LogP contribution in [0.4, 0.5) is 11.6 Å². The van der Waals surface area contributed by atoms with Gasteiger partial charge < -0.3 is 10.6 Å². The predicted molar refractivity (Wildman–Crippen MR) is 92.1 cm³/mol. The quantitative estimate of drug-likeness (QED) is 0.731. The first-order valence-corrected chi connectivity index (χ1v) is 7.54. The van der Waals surface area contributed by atoms with Gasteiger partial charge in [0.25, 0.3) is 0 Å². The van der Waals surface area contributed by atoms with Crippen molar-refractivity contribution in [3.8, 4) is 0 Å². The highest BCUT2D eigenvalue weighted by molar-refractivity contribution is 5.47. The fraction of sp³-hybridized carbons (Fsp3) is 0.167. The second-order valence-electron chi connectivity index (χ2n) is 5.34. The van der Waals surface area contributed by atoms with Crippen molar-refractivity contribution < 1.29 is 0 Å². The Bertz CT molecular complexity index is 741. The Morgan fingerprint density at radius 2 is 1.57 bits per heavy atom. The van der Waals surface area contributed by atoms with Crippen LogP contribution in [-0.4, -0.2) is 15.0 Å². The van der Waals surface area contributed by atoms with Crippen LogP contribution in [0.15, 0.2) is 61.2 Å². The summed E-state index contributed by atoms with van der Waals surface area (Å²) in [6.45, 7) is 3.50. The summed E-state index contributed by atoms with van der Waals surface area (Å²) < 4.78 is 0. The Morgan fingerprint density at radius 1 is 0.870 bits per heavy atom. The summed E-state index contributed by atoms with van der Waals surface area (Å²) in [5.74, 6) is 1.59. The smallest absolute Gasteiger partial charge is 0.131 e. The molecule has 0 saturated heterocycles. The van der Waals surface area contributed by atoms with Gasteiger partial charge in [-0.3, -0.25) is 4.98 Å². The lowest BCUT2D eigenvalue weighted by Crippen LogP contribution is -2.05. The number of aromatic nitrogens is 3. The van der Waals surface area contributed by atoms with E-state index >= 15 is 0 Å². The summed E-state index contributed by atoms with van der Waals surface area (Å²) in [7, 11) is 0. The Kier molecular flexibility index (Phi) is 4.79. The number of nitrogens with one attached hydrogen (secondary N) is 2. The standard InChI is InChI=1S/C18H19N5/c1-14-4-6-15(7-5-14)11-20-17-9-18(23-13-22-17)21-12-16-3-2-8-19-10-16/h2-10,13H,11-12H2,1H3,(H2,20,21,22,23). The lowest BCUT2D eigenvalue weighted by molar-refractivity contribution is 1.05. The molecule has 2 N–H and O–H groups in total. The fourth-order valence-electron chi connectivity index (χ4n) is 2.14. The monoisotopic (exact) mass is 305 g/mol. The normalized spacial score (nSPS) is 10.3. The van der Waals surface area contributed by atoms with Crippen LogP contribution in [0.1, 0.15) is 16.7 Å². The average molecular weight is 305 g/mol. The van der Waals surface area contributed by atoms with E-state index in [9.17, 15) is 0 Å². The predicted octanol–water partition coefficient (Wildman–Crippen LogP) is 3.40. The Hall–Kier alpha value is -2.95. The molecule has 0 fully saturated rings. The molecule has 3 aromatic rings. The van der Waals surface area contributed by atoms with Gasteiger partial charge in [0.2, 0.25) is 0 Å². The SMILES string of the molecule is Cc1ccc(CNc2cc(NCc3cccnc3)ncn2)cc1. The van der Waals surface area contributed by atoms with Gasteiger partial charge >= 0.3 is 0 Å². The molecule has 0 bridgehead atoms. The van der Waals surface area contributed by atoms with E-state index in [0.717, 1.165) is 23.7 Å². The van der Waals surface area contributed by atoms with E-state index in [1.165, 1.54) is 11.1 Å². The van der Waals surface area contributed by atoms with Crippen molar-refractivity contribution in [1.82, 2.24) is 15.0 Å². The van der Waals surface area contributed by atoms with Gasteiger partial charge in [0.1, 0.15) is 18.0 Å². The molecule has 5 nitrogen and oxygen atoms in total. The highest BCUT2D eigenvalue weighted by Gasteiger charge is 2.00. The van der Waals surface area contributed by atoms with Gasteiger partial charge in [-0.05, 0) is 24.1 Å². The Morgan fingerprint density at radius 3 is 2.22 bits per heavy atom. The molecule has 0 atom stereocenters. The molecule has 2 aromatic heterocycles. The summed E-state index contributed by atoms with van der Waals surface area (Å²) in [4.78, 5) is 12.6. The molecule has 0 radical (unpaired) electrons. The third-order valence-corrected chi connectivity index (χ3v) is 3.46. The fourth-order valence-corrected chi connectivity index (χ4v) is 2.14. The van der Waals surface area contributed by atoms with Gasteiger partial charge in [0.05, 0.1) is 0 Å². The van der Waals surface area contributed by atoms with Crippen molar-refractivity contribution >= 4 is 11.6 Å². The largest absolute Gasteiger partial charge is 0.366 e. The van der Waals surface area contributed by atoms with Gasteiger partial charge in [-0.2, -0.15) is 0 Å². The van der Waals surface area contributed by atoms with Crippen molar-refractivity contribution in [3.05, 3.63) is 77.9 Å². The highest BCUT2D eigenvalue weighted by atomic mass is 15.1. The summed E-state index contributed by atoms with van der Waals surface area (Å²) in [5.41, 5.74) is 3.59. The molecule has 1 aromatic carbocycles. The molecule has 0 aliphatic heterocycles. The summed E-state index contributed by atoms with van der Waals surface area (Å²) >= 11 is 0. The molecule has 0 aliphatic carbocycles. The summed E-state index contributed by atoms with van der Waals surface area (Å²) in [6, 6.07) is 14.3. The molecular weight excluding hydrogens is 286 g/mol. The molecule has 0 spiro atoms. The molecule has 2 heterocycles. The van der Waals surface area contributed by atoms with Crippen molar-refractivity contribution in [2.45, 2.75) is 20.0 Å². The van der Waals surface area contributed by atoms with E-state index in [1.807, 2.05) is 24.4 Å². The number of hydrogen-bond donors (Lipinski definition) is 2. The molecule has 23 heavy (non-hydrogen) atoms. The van der Waals surface area contributed by atoms with Crippen molar-refractivity contribution in [3.63, 3.8) is 0 Å². The van der Waals surface area contributed by atoms with Gasteiger partial charge in [0, 0.05) is 31.5 Å². The number of nitrogens with zero attached hydrogens (tertiary/aromatic N) is 3. The first-order chi connectivity index (χ1) is 11.3. The van der Waals surface area contributed by atoms with Crippen LogP contribution in [0.3, 0.4) is 0 Å². The lowest BCUT2D eigenvalue weighted by atomic mass is 10.1. The topological polar surface area (TPSA) is 62.7 Å². The Labute approximate surface area is 135 Å². The number of aryl methyl sites for hydroxylation is 1. The van der Waals surface area contributed by atoms with E-state index in [1.54, 1.807) is 12.5 Å². The van der Waals surface area contributed by atoms with Crippen molar-refractivity contribution in [1.29, 1.82) is 0 Å². The first-order valence-electron chi connectivity index (χ1n) is 7.54. The molecule has 3 rings (SSSR count). The van der Waals surface area contributed by atoms with Crippen LogP contribution >= 0.6 is 0 Å². The summed E-state index contributed by atoms with van der Waals surface area (Å²) in [5, 5.41) is 6.59. The first kappa shape index (κ1) is 15.0. The van der Waals surface area contributed by atoms with E-state index < -0.39 is 0 Å². The van der Waals surface area contributed by atoms with Gasteiger partial charge in [-0.25, -0.2) is 9.97 Å². The van der Waals surface area contributed by atoms with Crippen LogP contribution in [0, 0.1) is 6.92 Å². The highest BCUT2D eigenvalue weighted by Crippen LogP contribution is 2.12. The third kappa shape index (κ3) is 4.51. The van der Waals surface area contributed by atoms with Crippen LogP contribution in [0.5, 0.6) is 0 Å². The minimum absolute atomic E-state index is 0.683. The van der Waals surface area contributed by atoms with E-state index in [2.05, 4.69) is 56.8 Å². The van der Waals surface area contributed by atoms with Gasteiger partial charge in [-0.1, -0.05) is 35.9 Å². The maximum atomic E-state index is 4.25.